The van der Waals surface area contributed by atoms with Gasteiger partial charge in [-0.3, -0.25) is 9.20 Å². The molecule has 0 saturated heterocycles. The molecule has 0 spiro atoms. The Morgan fingerprint density at radius 2 is 2.14 bits per heavy atom. The van der Waals surface area contributed by atoms with Gasteiger partial charge in [0.05, 0.1) is 16.3 Å². The van der Waals surface area contributed by atoms with Gasteiger partial charge in [-0.1, -0.05) is 6.92 Å². The quantitative estimate of drug-likeness (QED) is 0.523. The zero-order valence-electron chi connectivity index (χ0n) is 12.2. The normalized spacial score (nSPS) is 11.8. The Morgan fingerprint density at radius 3 is 2.86 bits per heavy atom. The van der Waals surface area contributed by atoms with Crippen molar-refractivity contribution in [3.63, 3.8) is 0 Å². The van der Waals surface area contributed by atoms with Gasteiger partial charge in [0.15, 0.2) is 10.7 Å². The van der Waals surface area contributed by atoms with Crippen LogP contribution in [0.3, 0.4) is 0 Å². The molecule has 0 N–H and O–H groups in total. The average molecular weight is 316 g/mol. The molecule has 21 heavy (non-hydrogen) atoms. The van der Waals surface area contributed by atoms with Gasteiger partial charge >= 0.3 is 0 Å². The topological polar surface area (TPSA) is 34.4 Å². The molecule has 0 unspecified atom stereocenters. The Hall–Kier alpha value is -1.72. The van der Waals surface area contributed by atoms with Crippen molar-refractivity contribution < 1.29 is 4.79 Å². The van der Waals surface area contributed by atoms with Crippen molar-refractivity contribution in [2.45, 2.75) is 27.2 Å². The van der Waals surface area contributed by atoms with Crippen molar-refractivity contribution in [2.24, 2.45) is 0 Å². The second-order valence-corrected chi connectivity index (χ2v) is 7.28. The number of allylic oxidation sites excluding steroid dienone is 1. The highest BCUT2D eigenvalue weighted by Gasteiger charge is 2.10. The third-order valence-electron chi connectivity index (χ3n) is 3.31. The molecule has 3 heterocycles. The zero-order valence-corrected chi connectivity index (χ0v) is 13.8. The Balaban J connectivity index is 1.90. The van der Waals surface area contributed by atoms with Gasteiger partial charge in [-0.05, 0) is 44.6 Å². The highest BCUT2D eigenvalue weighted by Crippen LogP contribution is 2.22. The van der Waals surface area contributed by atoms with E-state index in [0.29, 0.717) is 0 Å². The fourth-order valence-electron chi connectivity index (χ4n) is 2.22. The van der Waals surface area contributed by atoms with Crippen LogP contribution in [0.15, 0.2) is 24.4 Å². The van der Waals surface area contributed by atoms with Gasteiger partial charge in [0, 0.05) is 16.0 Å². The van der Waals surface area contributed by atoms with E-state index >= 15 is 0 Å². The summed E-state index contributed by atoms with van der Waals surface area (Å²) < 4.78 is 2.05. The van der Waals surface area contributed by atoms with E-state index in [1.807, 2.05) is 29.5 Å². The van der Waals surface area contributed by atoms with Crippen molar-refractivity contribution in [3.8, 4) is 0 Å². The molecule has 0 aliphatic rings. The third-order valence-corrected chi connectivity index (χ3v) is 5.45. The van der Waals surface area contributed by atoms with Crippen LogP contribution in [0.2, 0.25) is 0 Å². The van der Waals surface area contributed by atoms with E-state index in [1.165, 1.54) is 9.75 Å². The molecule has 0 fully saturated rings. The molecule has 5 heteroatoms. The van der Waals surface area contributed by atoms with Gasteiger partial charge < -0.3 is 0 Å². The summed E-state index contributed by atoms with van der Waals surface area (Å²) in [5.74, 6) is 0.0565. The van der Waals surface area contributed by atoms with Gasteiger partial charge in [-0.2, -0.15) is 0 Å². The number of thiophene rings is 1. The minimum Gasteiger partial charge on any atom is -0.290 e. The fraction of sp³-hybridized carbons (Fsp3) is 0.250. The van der Waals surface area contributed by atoms with Gasteiger partial charge in [-0.25, -0.2) is 4.98 Å². The summed E-state index contributed by atoms with van der Waals surface area (Å²) in [4.78, 5) is 21.0. The summed E-state index contributed by atoms with van der Waals surface area (Å²) in [5.41, 5.74) is 1.93. The van der Waals surface area contributed by atoms with E-state index in [1.54, 1.807) is 28.7 Å². The molecule has 0 aliphatic carbocycles. The largest absolute Gasteiger partial charge is 0.290 e. The number of carbonyl (C=O) groups excluding carboxylic acids is 1. The van der Waals surface area contributed by atoms with E-state index in [2.05, 4.69) is 25.0 Å². The molecule has 0 saturated carbocycles. The van der Waals surface area contributed by atoms with Crippen LogP contribution in [0.4, 0.5) is 0 Å². The third kappa shape index (κ3) is 2.71. The minimum atomic E-state index is 0.0565. The summed E-state index contributed by atoms with van der Waals surface area (Å²) in [6.07, 6.45) is 6.55. The van der Waals surface area contributed by atoms with Crippen LogP contribution in [0, 0.1) is 13.8 Å². The monoisotopic (exact) mass is 316 g/mol. The Labute approximate surface area is 131 Å². The molecule has 0 atom stereocenters. The van der Waals surface area contributed by atoms with Crippen molar-refractivity contribution in [1.29, 1.82) is 0 Å². The number of rotatable bonds is 4. The molecular formula is C16H16N2OS2. The first-order chi connectivity index (χ1) is 10.1. The first kappa shape index (κ1) is 14.2. The van der Waals surface area contributed by atoms with Crippen LogP contribution >= 0.6 is 22.7 Å². The number of carbonyl (C=O) groups is 1. The van der Waals surface area contributed by atoms with Gasteiger partial charge in [0.2, 0.25) is 0 Å². The maximum atomic E-state index is 12.2. The van der Waals surface area contributed by atoms with Crippen LogP contribution < -0.4 is 0 Å². The number of hydrogen-bond donors (Lipinski definition) is 0. The maximum Gasteiger partial charge on any atom is 0.195 e. The molecule has 0 aromatic carbocycles. The lowest BCUT2D eigenvalue weighted by atomic mass is 10.2. The lowest BCUT2D eigenvalue weighted by Crippen LogP contribution is -1.90. The molecular weight excluding hydrogens is 300 g/mol. The first-order valence-corrected chi connectivity index (χ1v) is 8.48. The predicted molar refractivity (Wildman–Crippen MR) is 89.6 cm³/mol. The van der Waals surface area contributed by atoms with Crippen molar-refractivity contribution in [3.05, 3.63) is 50.4 Å². The summed E-state index contributed by atoms with van der Waals surface area (Å²) >= 11 is 3.23. The van der Waals surface area contributed by atoms with Crippen LogP contribution in [0.1, 0.15) is 37.7 Å². The van der Waals surface area contributed by atoms with Crippen LogP contribution in [0.25, 0.3) is 11.0 Å². The number of imidazole rings is 1. The van der Waals surface area contributed by atoms with Gasteiger partial charge in [0.25, 0.3) is 0 Å². The zero-order chi connectivity index (χ0) is 15.0. The summed E-state index contributed by atoms with van der Waals surface area (Å²) in [6.45, 7) is 6.13. The van der Waals surface area contributed by atoms with Crippen LogP contribution in [-0.4, -0.2) is 15.2 Å². The lowest BCUT2D eigenvalue weighted by molar-refractivity contribution is 0.105. The molecule has 0 aliphatic heterocycles. The smallest absolute Gasteiger partial charge is 0.195 e. The van der Waals surface area contributed by atoms with E-state index in [0.717, 1.165) is 27.6 Å². The van der Waals surface area contributed by atoms with Gasteiger partial charge in [-0.15, -0.1) is 22.7 Å². The highest BCUT2D eigenvalue weighted by molar-refractivity contribution is 7.17. The maximum absolute atomic E-state index is 12.2. The van der Waals surface area contributed by atoms with E-state index < -0.39 is 0 Å². The Bertz CT molecular complexity index is 836. The summed E-state index contributed by atoms with van der Waals surface area (Å²) in [7, 11) is 0. The SMILES string of the molecule is CCc1ccc(C(=O)/C=C/c2c(C)nc3sc(C)cn23)s1. The standard InChI is InChI=1S/C16H16N2OS2/c1-4-12-5-8-15(21-12)14(19)7-6-13-11(3)17-16-18(13)9-10(2)20-16/h5-9H,4H2,1-3H3/b7-6+. The van der Waals surface area contributed by atoms with E-state index in [9.17, 15) is 4.79 Å². The number of hydrogen-bond acceptors (Lipinski definition) is 4. The van der Waals surface area contributed by atoms with Crippen molar-refractivity contribution in [1.82, 2.24) is 9.38 Å². The Morgan fingerprint density at radius 1 is 1.33 bits per heavy atom. The molecule has 3 nitrogen and oxygen atoms in total. The lowest BCUT2D eigenvalue weighted by Gasteiger charge is -1.93. The second-order valence-electron chi connectivity index (χ2n) is 4.89. The van der Waals surface area contributed by atoms with Crippen molar-refractivity contribution in [2.75, 3.05) is 0 Å². The molecule has 3 aromatic rings. The number of nitrogens with zero attached hydrogens (tertiary/aromatic N) is 2. The molecule has 3 aromatic heterocycles. The molecule has 3 rings (SSSR count). The molecule has 0 radical (unpaired) electrons. The van der Waals surface area contributed by atoms with Crippen LogP contribution in [-0.2, 0) is 6.42 Å². The number of aromatic nitrogens is 2. The number of ketones is 1. The van der Waals surface area contributed by atoms with E-state index in [4.69, 9.17) is 0 Å². The van der Waals surface area contributed by atoms with Crippen molar-refractivity contribution >= 4 is 39.5 Å². The fourth-order valence-corrected chi connectivity index (χ4v) is 3.96. The molecule has 108 valence electrons. The number of thiazole rings is 1. The predicted octanol–water partition coefficient (Wildman–Crippen LogP) is 4.53. The van der Waals surface area contributed by atoms with E-state index in [-0.39, 0.29) is 5.78 Å². The second kappa shape index (κ2) is 5.58. The minimum absolute atomic E-state index is 0.0565. The summed E-state index contributed by atoms with van der Waals surface area (Å²) in [5, 5.41) is 0. The van der Waals surface area contributed by atoms with Crippen LogP contribution in [0.5, 0.6) is 0 Å². The highest BCUT2D eigenvalue weighted by atomic mass is 32.1. The van der Waals surface area contributed by atoms with Gasteiger partial charge in [0.1, 0.15) is 0 Å². The first-order valence-electron chi connectivity index (χ1n) is 6.84. The molecule has 0 amide bonds. The molecule has 0 bridgehead atoms. The number of fused-ring (bicyclic) bond motifs is 1. The summed E-state index contributed by atoms with van der Waals surface area (Å²) in [6, 6.07) is 3.93. The average Bonchev–Trinajstić information content (AvgIpc) is 3.11. The number of aryl methyl sites for hydroxylation is 3. The Kier molecular flexibility index (Phi) is 3.78.